The molecule has 2 aromatic carbocycles. The second-order valence-electron chi connectivity index (χ2n) is 9.00. The first-order valence-corrected chi connectivity index (χ1v) is 12.3. The molecule has 0 saturated carbocycles. The fourth-order valence-corrected chi connectivity index (χ4v) is 5.05. The van der Waals surface area contributed by atoms with Crippen LogP contribution in [0.5, 0.6) is 0 Å². The van der Waals surface area contributed by atoms with Crippen LogP contribution in [0.2, 0.25) is 0 Å². The number of carbonyl (C=O) groups excluding carboxylic acids is 2. The van der Waals surface area contributed by atoms with Crippen molar-refractivity contribution in [2.24, 2.45) is 0 Å². The molecule has 0 radical (unpaired) electrons. The van der Waals surface area contributed by atoms with Crippen LogP contribution in [0, 0.1) is 5.82 Å². The Morgan fingerprint density at radius 3 is 2.64 bits per heavy atom. The van der Waals surface area contributed by atoms with Crippen molar-refractivity contribution in [3.8, 4) is 11.4 Å². The van der Waals surface area contributed by atoms with Crippen molar-refractivity contribution < 1.29 is 14.0 Å². The maximum absolute atomic E-state index is 14.7. The number of aryl methyl sites for hydroxylation is 1. The topological polar surface area (TPSA) is 80.1 Å². The van der Waals surface area contributed by atoms with Crippen molar-refractivity contribution in [2.45, 2.75) is 45.7 Å². The molecule has 4 aromatic rings. The summed E-state index contributed by atoms with van der Waals surface area (Å²) in [4.78, 5) is 37.0. The van der Waals surface area contributed by atoms with Gasteiger partial charge in [-0.05, 0) is 62.6 Å². The largest absolute Gasteiger partial charge is 0.330 e. The third kappa shape index (κ3) is 4.34. The third-order valence-corrected chi connectivity index (χ3v) is 6.62. The van der Waals surface area contributed by atoms with Crippen LogP contribution >= 0.6 is 0 Å². The Kier molecular flexibility index (Phi) is 6.50. The number of aromatic nitrogens is 3. The molecule has 3 heterocycles. The highest BCUT2D eigenvalue weighted by Crippen LogP contribution is 2.35. The molecule has 1 saturated heterocycles. The number of anilines is 1. The minimum absolute atomic E-state index is 0.116. The van der Waals surface area contributed by atoms with Crippen LogP contribution in [-0.4, -0.2) is 37.8 Å². The van der Waals surface area contributed by atoms with Crippen LogP contribution in [0.15, 0.2) is 60.8 Å². The van der Waals surface area contributed by atoms with Crippen molar-refractivity contribution in [1.82, 2.24) is 19.4 Å². The van der Waals surface area contributed by atoms with Crippen LogP contribution in [-0.2, 0) is 11.3 Å². The van der Waals surface area contributed by atoms with Crippen molar-refractivity contribution in [1.29, 1.82) is 0 Å². The summed E-state index contributed by atoms with van der Waals surface area (Å²) >= 11 is 0. The van der Waals surface area contributed by atoms with Crippen LogP contribution < -0.4 is 5.32 Å². The number of nitrogens with one attached hydrogen (secondary N) is 1. The van der Waals surface area contributed by atoms with Gasteiger partial charge < -0.3 is 14.8 Å². The van der Waals surface area contributed by atoms with E-state index in [1.54, 1.807) is 36.5 Å². The van der Waals surface area contributed by atoms with E-state index in [1.165, 1.54) is 13.0 Å². The smallest absolute Gasteiger partial charge is 0.254 e. The molecule has 1 aliphatic heterocycles. The molecular weight excluding hydrogens is 457 g/mol. The number of fused-ring (bicyclic) bond motifs is 1. The molecule has 1 unspecified atom stereocenters. The molecule has 36 heavy (non-hydrogen) atoms. The van der Waals surface area contributed by atoms with Gasteiger partial charge in [-0.15, -0.1) is 0 Å². The number of hydrogen-bond donors (Lipinski definition) is 1. The number of imidazole rings is 1. The lowest BCUT2D eigenvalue weighted by Crippen LogP contribution is -2.38. The second kappa shape index (κ2) is 9.89. The van der Waals surface area contributed by atoms with Gasteiger partial charge in [0.25, 0.3) is 5.91 Å². The SMILES string of the molecule is CCn1c(-c2ccccc2F)nc2cc(C(=O)N3CCCCC3c3ccccn3)cc(NC(C)=O)c21. The van der Waals surface area contributed by atoms with Crippen molar-refractivity contribution in [3.05, 3.63) is 77.9 Å². The third-order valence-electron chi connectivity index (χ3n) is 6.62. The summed E-state index contributed by atoms with van der Waals surface area (Å²) in [7, 11) is 0. The Labute approximate surface area is 209 Å². The molecule has 2 aromatic heterocycles. The summed E-state index contributed by atoms with van der Waals surface area (Å²) in [5, 5.41) is 2.87. The zero-order valence-corrected chi connectivity index (χ0v) is 20.4. The first-order chi connectivity index (χ1) is 17.5. The quantitative estimate of drug-likeness (QED) is 0.400. The van der Waals surface area contributed by atoms with Gasteiger partial charge in [0, 0.05) is 31.8 Å². The standard InChI is InChI=1S/C28H28FN5O2/c1-3-33-26-23(31-18(2)35)16-19(17-24(26)32-27(33)20-10-4-5-11-21(20)29)28(36)34-15-9-7-13-25(34)22-12-6-8-14-30-22/h4-6,8,10-12,14,16-17,25H,3,7,9,13,15H2,1-2H3,(H,31,35). The lowest BCUT2D eigenvalue weighted by Gasteiger charge is -2.35. The maximum atomic E-state index is 14.7. The number of piperidine rings is 1. The highest BCUT2D eigenvalue weighted by atomic mass is 19.1. The summed E-state index contributed by atoms with van der Waals surface area (Å²) in [5.74, 6) is -0.337. The average Bonchev–Trinajstić information content (AvgIpc) is 3.27. The van der Waals surface area contributed by atoms with Gasteiger partial charge >= 0.3 is 0 Å². The summed E-state index contributed by atoms with van der Waals surface area (Å²) < 4.78 is 16.6. The molecule has 2 amide bonds. The number of nitrogens with zero attached hydrogens (tertiary/aromatic N) is 4. The van der Waals surface area contributed by atoms with Crippen molar-refractivity contribution in [3.63, 3.8) is 0 Å². The van der Waals surface area contributed by atoms with Gasteiger partial charge in [-0.3, -0.25) is 14.6 Å². The van der Waals surface area contributed by atoms with Crippen molar-refractivity contribution >= 4 is 28.5 Å². The number of halogens is 1. The predicted molar refractivity (Wildman–Crippen MR) is 137 cm³/mol. The van der Waals surface area contributed by atoms with E-state index >= 15 is 0 Å². The van der Waals surface area contributed by atoms with Gasteiger partial charge in [0.1, 0.15) is 11.6 Å². The number of hydrogen-bond acceptors (Lipinski definition) is 4. The van der Waals surface area contributed by atoms with E-state index in [9.17, 15) is 14.0 Å². The molecule has 0 spiro atoms. The van der Waals surface area contributed by atoms with Gasteiger partial charge in [-0.1, -0.05) is 18.2 Å². The first-order valence-electron chi connectivity index (χ1n) is 12.3. The Hall–Kier alpha value is -4.07. The summed E-state index contributed by atoms with van der Waals surface area (Å²) in [6.07, 6.45) is 4.52. The molecule has 1 fully saturated rings. The van der Waals surface area contributed by atoms with Gasteiger partial charge in [0.05, 0.1) is 34.0 Å². The van der Waals surface area contributed by atoms with Crippen LogP contribution in [0.4, 0.5) is 10.1 Å². The molecule has 7 nitrogen and oxygen atoms in total. The Balaban J connectivity index is 1.64. The molecule has 1 atom stereocenters. The number of rotatable bonds is 5. The summed E-state index contributed by atoms with van der Waals surface area (Å²) in [6, 6.07) is 15.5. The summed E-state index contributed by atoms with van der Waals surface area (Å²) in [6.45, 7) is 4.49. The number of benzene rings is 2. The molecule has 184 valence electrons. The molecule has 0 bridgehead atoms. The van der Waals surface area contributed by atoms with Crippen LogP contribution in [0.3, 0.4) is 0 Å². The molecule has 5 rings (SSSR count). The average molecular weight is 486 g/mol. The van der Waals surface area contributed by atoms with Gasteiger partial charge in [-0.25, -0.2) is 9.37 Å². The summed E-state index contributed by atoms with van der Waals surface area (Å²) in [5.41, 5.74) is 3.31. The highest BCUT2D eigenvalue weighted by Gasteiger charge is 2.30. The lowest BCUT2D eigenvalue weighted by atomic mass is 9.97. The number of amides is 2. The number of pyridine rings is 1. The Morgan fingerprint density at radius 2 is 1.92 bits per heavy atom. The van der Waals surface area contributed by atoms with E-state index in [0.29, 0.717) is 46.8 Å². The zero-order valence-electron chi connectivity index (χ0n) is 20.4. The van der Waals surface area contributed by atoms with E-state index in [0.717, 1.165) is 25.0 Å². The van der Waals surface area contributed by atoms with E-state index in [4.69, 9.17) is 4.98 Å². The van der Waals surface area contributed by atoms with Crippen molar-refractivity contribution in [2.75, 3.05) is 11.9 Å². The highest BCUT2D eigenvalue weighted by molar-refractivity contribution is 6.06. The Bertz CT molecular complexity index is 1430. The fourth-order valence-electron chi connectivity index (χ4n) is 5.05. The Morgan fingerprint density at radius 1 is 1.11 bits per heavy atom. The van der Waals surface area contributed by atoms with Gasteiger partial charge in [0.15, 0.2) is 0 Å². The molecule has 1 aliphatic rings. The van der Waals surface area contributed by atoms with Crippen LogP contribution in [0.25, 0.3) is 22.4 Å². The van der Waals surface area contributed by atoms with Gasteiger partial charge in [0.2, 0.25) is 5.91 Å². The molecule has 8 heteroatoms. The fraction of sp³-hybridized carbons (Fsp3) is 0.286. The van der Waals surface area contributed by atoms with E-state index in [2.05, 4.69) is 10.3 Å². The van der Waals surface area contributed by atoms with E-state index in [1.807, 2.05) is 34.6 Å². The van der Waals surface area contributed by atoms with E-state index in [-0.39, 0.29) is 23.7 Å². The maximum Gasteiger partial charge on any atom is 0.254 e. The molecule has 0 aliphatic carbocycles. The monoisotopic (exact) mass is 485 g/mol. The lowest BCUT2D eigenvalue weighted by molar-refractivity contribution is -0.114. The minimum Gasteiger partial charge on any atom is -0.330 e. The van der Waals surface area contributed by atoms with E-state index < -0.39 is 0 Å². The van der Waals surface area contributed by atoms with Gasteiger partial charge in [-0.2, -0.15) is 0 Å². The normalized spacial score (nSPS) is 15.8. The second-order valence-corrected chi connectivity index (χ2v) is 9.00. The zero-order chi connectivity index (χ0) is 25.2. The first kappa shape index (κ1) is 23.7. The predicted octanol–water partition coefficient (Wildman–Crippen LogP) is 5.58. The van der Waals surface area contributed by atoms with Crippen LogP contribution in [0.1, 0.15) is 55.2 Å². The number of carbonyl (C=O) groups is 2. The molecular formula is C28H28FN5O2. The minimum atomic E-state index is -0.383. The number of likely N-dealkylation sites (tertiary alicyclic amines) is 1. The molecule has 1 N–H and O–H groups in total.